The number of nitrogens with zero attached hydrogens (tertiary/aromatic N) is 3. The molecule has 27 heavy (non-hydrogen) atoms. The number of carbonyl (C=O) groups excluding carboxylic acids is 2. The average molecular weight is 368 g/mol. The molecular formula is C20H24N4O3. The number of amides is 2. The van der Waals surface area contributed by atoms with Gasteiger partial charge in [0.2, 0.25) is 0 Å². The normalized spacial score (nSPS) is 20.3. The van der Waals surface area contributed by atoms with Crippen LogP contribution in [-0.2, 0) is 6.54 Å². The molecule has 7 heteroatoms. The Hall–Kier alpha value is -2.77. The van der Waals surface area contributed by atoms with Crippen molar-refractivity contribution in [1.82, 2.24) is 20.3 Å². The molecular weight excluding hydrogens is 344 g/mol. The smallest absolute Gasteiger partial charge is 0.274 e. The van der Waals surface area contributed by atoms with Gasteiger partial charge in [0.1, 0.15) is 0 Å². The van der Waals surface area contributed by atoms with Crippen molar-refractivity contribution in [2.75, 3.05) is 13.1 Å². The molecule has 0 saturated carbocycles. The van der Waals surface area contributed by atoms with Crippen LogP contribution in [0.5, 0.6) is 0 Å². The molecule has 0 radical (unpaired) electrons. The molecule has 0 bridgehead atoms. The van der Waals surface area contributed by atoms with Crippen LogP contribution >= 0.6 is 0 Å². The third-order valence-electron chi connectivity index (χ3n) is 4.98. The maximum Gasteiger partial charge on any atom is 0.274 e. The molecule has 7 nitrogen and oxygen atoms in total. The van der Waals surface area contributed by atoms with Gasteiger partial charge in [-0.1, -0.05) is 12.1 Å². The van der Waals surface area contributed by atoms with Crippen molar-refractivity contribution in [3.8, 4) is 0 Å². The summed E-state index contributed by atoms with van der Waals surface area (Å²) in [7, 11) is 0. The average Bonchev–Trinajstić information content (AvgIpc) is 2.70. The molecule has 2 heterocycles. The Balaban J connectivity index is 1.65. The Bertz CT molecular complexity index is 783. The summed E-state index contributed by atoms with van der Waals surface area (Å²) in [6.07, 6.45) is 3.27. The van der Waals surface area contributed by atoms with Gasteiger partial charge in [0.05, 0.1) is 5.56 Å². The maximum absolute atomic E-state index is 12.7. The van der Waals surface area contributed by atoms with E-state index in [0.29, 0.717) is 24.2 Å². The number of rotatable bonds is 4. The minimum atomic E-state index is -0.522. The summed E-state index contributed by atoms with van der Waals surface area (Å²) in [5.74, 6) is -0.508. The number of hydroxylamine groups is 1. The third kappa shape index (κ3) is 4.32. The predicted molar refractivity (Wildman–Crippen MR) is 100 cm³/mol. The van der Waals surface area contributed by atoms with Crippen molar-refractivity contribution in [1.29, 1.82) is 0 Å². The summed E-state index contributed by atoms with van der Waals surface area (Å²) >= 11 is 0. The first-order valence-corrected chi connectivity index (χ1v) is 8.98. The van der Waals surface area contributed by atoms with Gasteiger partial charge in [-0.2, -0.15) is 0 Å². The molecule has 1 aliphatic rings. The highest BCUT2D eigenvalue weighted by Gasteiger charge is 2.32. The Morgan fingerprint density at radius 3 is 2.33 bits per heavy atom. The van der Waals surface area contributed by atoms with E-state index in [1.807, 2.05) is 17.0 Å². The molecule has 2 amide bonds. The maximum atomic E-state index is 12.7. The van der Waals surface area contributed by atoms with Crippen LogP contribution in [0.1, 0.15) is 40.1 Å². The largest absolute Gasteiger partial charge is 0.335 e. The van der Waals surface area contributed by atoms with Crippen LogP contribution in [0.3, 0.4) is 0 Å². The van der Waals surface area contributed by atoms with Gasteiger partial charge in [-0.15, -0.1) is 0 Å². The zero-order valence-corrected chi connectivity index (χ0v) is 15.5. The molecule has 2 unspecified atom stereocenters. The van der Waals surface area contributed by atoms with Crippen LogP contribution in [0, 0.1) is 0 Å². The summed E-state index contributed by atoms with van der Waals surface area (Å²) < 4.78 is 0. The highest BCUT2D eigenvalue weighted by molar-refractivity contribution is 5.94. The molecule has 0 spiro atoms. The summed E-state index contributed by atoms with van der Waals surface area (Å²) in [6.45, 7) is 6.28. The predicted octanol–water partition coefficient (Wildman–Crippen LogP) is 1.94. The van der Waals surface area contributed by atoms with Crippen LogP contribution in [0.2, 0.25) is 0 Å². The summed E-state index contributed by atoms with van der Waals surface area (Å²) in [5, 5.41) is 8.70. The van der Waals surface area contributed by atoms with Crippen LogP contribution in [-0.4, -0.2) is 57.0 Å². The SMILES string of the molecule is CC1CN(C(=O)c2cccnc2)CC(C)N1Cc1ccc(C(=O)NO)cc1. The first-order valence-electron chi connectivity index (χ1n) is 8.98. The standard InChI is InChI=1S/C20H24N4O3/c1-14-11-23(20(26)18-4-3-9-21-10-18)12-15(2)24(14)13-16-5-7-17(8-6-16)19(25)22-27/h3-10,14-15,27H,11-13H2,1-2H3,(H,22,25). The number of aromatic nitrogens is 1. The van der Waals surface area contributed by atoms with E-state index in [2.05, 4.69) is 23.7 Å². The highest BCUT2D eigenvalue weighted by Crippen LogP contribution is 2.21. The monoisotopic (exact) mass is 368 g/mol. The molecule has 1 fully saturated rings. The first kappa shape index (κ1) is 19.0. The van der Waals surface area contributed by atoms with Gasteiger partial charge in [-0.3, -0.25) is 24.7 Å². The first-order chi connectivity index (χ1) is 13.0. The fourth-order valence-corrected chi connectivity index (χ4v) is 3.54. The lowest BCUT2D eigenvalue weighted by molar-refractivity contribution is 0.0269. The molecule has 1 aromatic heterocycles. The molecule has 0 aliphatic carbocycles. The minimum Gasteiger partial charge on any atom is -0.335 e. The Labute approximate surface area is 158 Å². The van der Waals surface area contributed by atoms with Crippen LogP contribution in [0.4, 0.5) is 0 Å². The Morgan fingerprint density at radius 1 is 1.11 bits per heavy atom. The lowest BCUT2D eigenvalue weighted by Gasteiger charge is -2.44. The van der Waals surface area contributed by atoms with Crippen molar-refractivity contribution in [2.24, 2.45) is 0 Å². The number of hydrogen-bond donors (Lipinski definition) is 2. The lowest BCUT2D eigenvalue weighted by atomic mass is 10.0. The van der Waals surface area contributed by atoms with E-state index >= 15 is 0 Å². The second-order valence-corrected chi connectivity index (χ2v) is 6.96. The minimum absolute atomic E-state index is 0.0146. The van der Waals surface area contributed by atoms with Crippen LogP contribution in [0.25, 0.3) is 0 Å². The molecule has 2 N–H and O–H groups in total. The number of nitrogens with one attached hydrogen (secondary N) is 1. The van der Waals surface area contributed by atoms with Crippen molar-refractivity contribution < 1.29 is 14.8 Å². The van der Waals surface area contributed by atoms with E-state index in [9.17, 15) is 9.59 Å². The van der Waals surface area contributed by atoms with Gasteiger partial charge >= 0.3 is 0 Å². The van der Waals surface area contributed by atoms with Crippen LogP contribution in [0.15, 0.2) is 48.8 Å². The van der Waals surface area contributed by atoms with E-state index in [0.717, 1.165) is 12.1 Å². The van der Waals surface area contributed by atoms with E-state index < -0.39 is 5.91 Å². The number of carbonyl (C=O) groups is 2. The second kappa shape index (κ2) is 8.28. The van der Waals surface area contributed by atoms with Gasteiger partial charge in [-0.25, -0.2) is 5.48 Å². The molecule has 1 aliphatic heterocycles. The van der Waals surface area contributed by atoms with Crippen molar-refractivity contribution in [3.05, 3.63) is 65.5 Å². The quantitative estimate of drug-likeness (QED) is 0.636. The van der Waals surface area contributed by atoms with Gasteiger partial charge in [0, 0.05) is 49.7 Å². The molecule has 2 atom stereocenters. The number of pyridine rings is 1. The van der Waals surface area contributed by atoms with E-state index in [1.54, 1.807) is 42.1 Å². The topological polar surface area (TPSA) is 85.8 Å². The zero-order valence-electron chi connectivity index (χ0n) is 15.5. The molecule has 1 aromatic carbocycles. The number of piperazine rings is 1. The highest BCUT2D eigenvalue weighted by atomic mass is 16.5. The summed E-state index contributed by atoms with van der Waals surface area (Å²) in [5.41, 5.74) is 3.74. The van der Waals surface area contributed by atoms with E-state index in [4.69, 9.17) is 5.21 Å². The van der Waals surface area contributed by atoms with Crippen molar-refractivity contribution in [3.63, 3.8) is 0 Å². The second-order valence-electron chi connectivity index (χ2n) is 6.96. The van der Waals surface area contributed by atoms with Gasteiger partial charge in [0.25, 0.3) is 11.8 Å². The van der Waals surface area contributed by atoms with E-state index in [-0.39, 0.29) is 18.0 Å². The lowest BCUT2D eigenvalue weighted by Crippen LogP contribution is -2.57. The fourth-order valence-electron chi connectivity index (χ4n) is 3.54. The molecule has 3 rings (SSSR count). The van der Waals surface area contributed by atoms with Crippen molar-refractivity contribution in [2.45, 2.75) is 32.5 Å². The third-order valence-corrected chi connectivity index (χ3v) is 4.98. The Kier molecular flexibility index (Phi) is 5.83. The zero-order chi connectivity index (χ0) is 19.4. The number of benzene rings is 1. The molecule has 2 aromatic rings. The fraction of sp³-hybridized carbons (Fsp3) is 0.350. The molecule has 142 valence electrons. The van der Waals surface area contributed by atoms with Gasteiger partial charge in [0.15, 0.2) is 0 Å². The van der Waals surface area contributed by atoms with E-state index in [1.165, 1.54) is 0 Å². The van der Waals surface area contributed by atoms with Gasteiger partial charge in [-0.05, 0) is 43.7 Å². The number of hydrogen-bond acceptors (Lipinski definition) is 5. The summed E-state index contributed by atoms with van der Waals surface area (Å²) in [4.78, 5) is 32.4. The van der Waals surface area contributed by atoms with Gasteiger partial charge < -0.3 is 4.90 Å². The van der Waals surface area contributed by atoms with Crippen LogP contribution < -0.4 is 5.48 Å². The summed E-state index contributed by atoms with van der Waals surface area (Å²) in [6, 6.07) is 11.1. The van der Waals surface area contributed by atoms with Crippen molar-refractivity contribution >= 4 is 11.8 Å². The molecule has 1 saturated heterocycles. The Morgan fingerprint density at radius 2 is 1.78 bits per heavy atom.